The second kappa shape index (κ2) is 4.53. The molecule has 1 aromatic carbocycles. The number of rotatable bonds is 2. The third-order valence-corrected chi connectivity index (χ3v) is 2.54. The Morgan fingerprint density at radius 3 is 2.71 bits per heavy atom. The highest BCUT2D eigenvalue weighted by atomic mass is 16.5. The summed E-state index contributed by atoms with van der Waals surface area (Å²) in [5.74, 6) is -0.304. The first-order chi connectivity index (χ1) is 8.09. The quantitative estimate of drug-likeness (QED) is 0.743. The molecule has 0 amide bonds. The minimum atomic E-state index is -0.304. The third kappa shape index (κ3) is 2.28. The molecule has 1 aromatic heterocycles. The molecule has 0 unspecified atom stereocenters. The molecule has 0 spiro atoms. The molecule has 0 aliphatic carbocycles. The van der Waals surface area contributed by atoms with Crippen molar-refractivity contribution in [2.45, 2.75) is 26.9 Å². The van der Waals surface area contributed by atoms with E-state index in [-0.39, 0.29) is 12.1 Å². The van der Waals surface area contributed by atoms with Crippen molar-refractivity contribution >= 4 is 16.7 Å². The molecule has 3 heteroatoms. The van der Waals surface area contributed by atoms with Crippen LogP contribution in [-0.4, -0.2) is 17.1 Å². The minimum Gasteiger partial charge on any atom is -0.459 e. The van der Waals surface area contributed by atoms with Crippen LogP contribution in [0.1, 0.15) is 29.9 Å². The van der Waals surface area contributed by atoms with E-state index in [1.807, 2.05) is 45.0 Å². The predicted molar refractivity (Wildman–Crippen MR) is 67.0 cm³/mol. The zero-order valence-electron chi connectivity index (χ0n) is 10.2. The van der Waals surface area contributed by atoms with E-state index in [0.717, 1.165) is 10.8 Å². The fourth-order valence-corrected chi connectivity index (χ4v) is 1.79. The first-order valence-electron chi connectivity index (χ1n) is 5.65. The summed E-state index contributed by atoms with van der Waals surface area (Å²) >= 11 is 0. The molecule has 2 aromatic rings. The molecule has 2 rings (SSSR count). The lowest BCUT2D eigenvalue weighted by molar-refractivity contribution is 0.0379. The summed E-state index contributed by atoms with van der Waals surface area (Å²) in [5.41, 5.74) is 1.27. The standard InChI is InChI=1S/C14H15NO2/c1-9(2)17-14(16)13-10(3)15-8-11-6-4-5-7-12(11)13/h4-9H,1-3H3. The molecule has 0 radical (unpaired) electrons. The highest BCUT2D eigenvalue weighted by Gasteiger charge is 2.16. The summed E-state index contributed by atoms with van der Waals surface area (Å²) in [7, 11) is 0. The Kier molecular flexibility index (Phi) is 3.09. The van der Waals surface area contributed by atoms with Gasteiger partial charge in [0.25, 0.3) is 0 Å². The van der Waals surface area contributed by atoms with Gasteiger partial charge in [-0.05, 0) is 26.2 Å². The summed E-state index contributed by atoms with van der Waals surface area (Å²) in [4.78, 5) is 16.3. The van der Waals surface area contributed by atoms with Gasteiger partial charge >= 0.3 is 5.97 Å². The number of esters is 1. The van der Waals surface area contributed by atoms with E-state index in [1.54, 1.807) is 6.20 Å². The summed E-state index contributed by atoms with van der Waals surface area (Å²) in [5, 5.41) is 1.85. The lowest BCUT2D eigenvalue weighted by Crippen LogP contribution is -2.14. The summed E-state index contributed by atoms with van der Waals surface area (Å²) < 4.78 is 5.25. The van der Waals surface area contributed by atoms with Crippen molar-refractivity contribution in [3.8, 4) is 0 Å². The Labute approximate surface area is 100 Å². The molecule has 0 fully saturated rings. The fraction of sp³-hybridized carbons (Fsp3) is 0.286. The van der Waals surface area contributed by atoms with E-state index in [0.29, 0.717) is 11.3 Å². The van der Waals surface area contributed by atoms with E-state index < -0.39 is 0 Å². The van der Waals surface area contributed by atoms with Crippen molar-refractivity contribution in [3.63, 3.8) is 0 Å². The largest absolute Gasteiger partial charge is 0.459 e. The van der Waals surface area contributed by atoms with Crippen LogP contribution in [0.2, 0.25) is 0 Å². The highest BCUT2D eigenvalue weighted by molar-refractivity contribution is 6.05. The number of hydrogen-bond acceptors (Lipinski definition) is 3. The third-order valence-electron chi connectivity index (χ3n) is 2.54. The van der Waals surface area contributed by atoms with Gasteiger partial charge in [-0.15, -0.1) is 0 Å². The van der Waals surface area contributed by atoms with Gasteiger partial charge in [-0.25, -0.2) is 4.79 Å². The lowest BCUT2D eigenvalue weighted by atomic mass is 10.1. The molecule has 0 saturated heterocycles. The fourth-order valence-electron chi connectivity index (χ4n) is 1.79. The highest BCUT2D eigenvalue weighted by Crippen LogP contribution is 2.21. The topological polar surface area (TPSA) is 39.2 Å². The van der Waals surface area contributed by atoms with Crippen molar-refractivity contribution in [1.29, 1.82) is 0 Å². The van der Waals surface area contributed by atoms with Crippen LogP contribution in [0, 0.1) is 6.92 Å². The summed E-state index contributed by atoms with van der Waals surface area (Å²) in [6, 6.07) is 7.69. The number of fused-ring (bicyclic) bond motifs is 1. The number of aromatic nitrogens is 1. The smallest absolute Gasteiger partial charge is 0.340 e. The van der Waals surface area contributed by atoms with E-state index in [4.69, 9.17) is 4.74 Å². The number of aryl methyl sites for hydroxylation is 1. The van der Waals surface area contributed by atoms with Gasteiger partial charge in [0.15, 0.2) is 0 Å². The monoisotopic (exact) mass is 229 g/mol. The number of hydrogen-bond donors (Lipinski definition) is 0. The van der Waals surface area contributed by atoms with Gasteiger partial charge < -0.3 is 4.74 Å². The Morgan fingerprint density at radius 2 is 2.00 bits per heavy atom. The van der Waals surface area contributed by atoms with Crippen molar-refractivity contribution in [1.82, 2.24) is 4.98 Å². The second-order valence-electron chi connectivity index (χ2n) is 4.26. The Balaban J connectivity index is 2.58. The maximum atomic E-state index is 12.0. The number of carbonyl (C=O) groups excluding carboxylic acids is 1. The average Bonchev–Trinajstić information content (AvgIpc) is 2.27. The van der Waals surface area contributed by atoms with Crippen molar-refractivity contribution in [3.05, 3.63) is 41.7 Å². The van der Waals surface area contributed by atoms with Crippen LogP contribution in [0.5, 0.6) is 0 Å². The van der Waals surface area contributed by atoms with Crippen LogP contribution < -0.4 is 0 Å². The van der Waals surface area contributed by atoms with E-state index in [2.05, 4.69) is 4.98 Å². The average molecular weight is 229 g/mol. The Hall–Kier alpha value is -1.90. The molecule has 0 atom stereocenters. The van der Waals surface area contributed by atoms with Crippen molar-refractivity contribution in [2.75, 3.05) is 0 Å². The zero-order valence-corrected chi connectivity index (χ0v) is 10.2. The number of pyridine rings is 1. The van der Waals surface area contributed by atoms with Crippen LogP contribution in [0.25, 0.3) is 10.8 Å². The number of carbonyl (C=O) groups is 1. The van der Waals surface area contributed by atoms with Gasteiger partial charge in [0.05, 0.1) is 17.4 Å². The van der Waals surface area contributed by atoms with Crippen LogP contribution in [0.4, 0.5) is 0 Å². The SMILES string of the molecule is Cc1ncc2ccccc2c1C(=O)OC(C)C. The van der Waals surface area contributed by atoms with Gasteiger partial charge in [-0.2, -0.15) is 0 Å². The lowest BCUT2D eigenvalue weighted by Gasteiger charge is -2.11. The molecule has 17 heavy (non-hydrogen) atoms. The maximum absolute atomic E-state index is 12.0. The molecule has 3 nitrogen and oxygen atoms in total. The molecule has 0 N–H and O–H groups in total. The van der Waals surface area contributed by atoms with Crippen LogP contribution >= 0.6 is 0 Å². The van der Waals surface area contributed by atoms with Gasteiger partial charge in [-0.1, -0.05) is 24.3 Å². The molecule has 0 aliphatic rings. The van der Waals surface area contributed by atoms with Crippen molar-refractivity contribution < 1.29 is 9.53 Å². The Bertz CT molecular complexity index is 561. The summed E-state index contributed by atoms with van der Waals surface area (Å²) in [6.45, 7) is 5.50. The maximum Gasteiger partial charge on any atom is 0.340 e. The zero-order chi connectivity index (χ0) is 12.4. The van der Waals surface area contributed by atoms with Gasteiger partial charge in [0.1, 0.15) is 0 Å². The molecule has 0 bridgehead atoms. The first-order valence-corrected chi connectivity index (χ1v) is 5.65. The van der Waals surface area contributed by atoms with Gasteiger partial charge in [-0.3, -0.25) is 4.98 Å². The molecule has 0 aliphatic heterocycles. The van der Waals surface area contributed by atoms with Crippen LogP contribution in [-0.2, 0) is 4.74 Å². The summed E-state index contributed by atoms with van der Waals surface area (Å²) in [6.07, 6.45) is 1.65. The van der Waals surface area contributed by atoms with Crippen molar-refractivity contribution in [2.24, 2.45) is 0 Å². The molecule has 0 saturated carbocycles. The number of ether oxygens (including phenoxy) is 1. The van der Waals surface area contributed by atoms with Gasteiger partial charge in [0, 0.05) is 11.6 Å². The second-order valence-corrected chi connectivity index (χ2v) is 4.26. The van der Waals surface area contributed by atoms with E-state index in [9.17, 15) is 4.79 Å². The molecular weight excluding hydrogens is 214 g/mol. The van der Waals surface area contributed by atoms with E-state index >= 15 is 0 Å². The molecule has 1 heterocycles. The molecule has 88 valence electrons. The minimum absolute atomic E-state index is 0.124. The normalized spacial score (nSPS) is 10.8. The first kappa shape index (κ1) is 11.6. The number of benzene rings is 1. The van der Waals surface area contributed by atoms with Gasteiger partial charge in [0.2, 0.25) is 0 Å². The Morgan fingerprint density at radius 1 is 1.29 bits per heavy atom. The van der Waals surface area contributed by atoms with Crippen LogP contribution in [0.3, 0.4) is 0 Å². The van der Waals surface area contributed by atoms with E-state index in [1.165, 1.54) is 0 Å². The van der Waals surface area contributed by atoms with Crippen LogP contribution in [0.15, 0.2) is 30.5 Å². The predicted octanol–water partition coefficient (Wildman–Crippen LogP) is 3.11. The molecular formula is C14H15NO2. The number of nitrogens with zero attached hydrogens (tertiary/aromatic N) is 1.